The van der Waals surface area contributed by atoms with E-state index < -0.39 is 12.1 Å². The van der Waals surface area contributed by atoms with Gasteiger partial charge in [-0.1, -0.05) is 30.3 Å². The third-order valence-electron chi connectivity index (χ3n) is 2.96. The Morgan fingerprint density at radius 2 is 1.95 bits per heavy atom. The first-order valence-corrected chi connectivity index (χ1v) is 6.28. The summed E-state index contributed by atoms with van der Waals surface area (Å²) in [6.07, 6.45) is -0.559. The molecule has 5 heteroatoms. The van der Waals surface area contributed by atoms with Gasteiger partial charge in [0, 0.05) is 6.54 Å². The number of nitrogens with one attached hydrogen (secondary N) is 1. The molecule has 2 aromatic carbocycles. The lowest BCUT2D eigenvalue weighted by molar-refractivity contribution is 0.0695. The van der Waals surface area contributed by atoms with Gasteiger partial charge in [0.05, 0.1) is 12.2 Å². The Labute approximate surface area is 116 Å². The molecule has 5 nitrogen and oxygen atoms in total. The molecule has 2 N–H and O–H groups in total. The summed E-state index contributed by atoms with van der Waals surface area (Å²) in [5.41, 5.74) is 0.754. The van der Waals surface area contributed by atoms with Crippen LogP contribution in [0.5, 0.6) is 0 Å². The molecule has 0 aliphatic carbocycles. The van der Waals surface area contributed by atoms with Crippen LogP contribution in [0, 0.1) is 0 Å². The van der Waals surface area contributed by atoms with E-state index in [0.717, 1.165) is 10.8 Å². The third kappa shape index (κ3) is 2.88. The minimum absolute atomic E-state index is 0.113. The molecule has 0 saturated carbocycles. The van der Waals surface area contributed by atoms with Crippen LogP contribution in [0.3, 0.4) is 0 Å². The Kier molecular flexibility index (Phi) is 4.20. The number of carbonyl (C=O) groups excluding carboxylic acids is 1. The molecule has 0 radical (unpaired) electrons. The summed E-state index contributed by atoms with van der Waals surface area (Å²) < 4.78 is 4.78. The predicted molar refractivity (Wildman–Crippen MR) is 74.8 cm³/mol. The van der Waals surface area contributed by atoms with Gasteiger partial charge in [-0.25, -0.2) is 9.59 Å². The van der Waals surface area contributed by atoms with E-state index in [2.05, 4.69) is 5.32 Å². The quantitative estimate of drug-likeness (QED) is 0.898. The Morgan fingerprint density at radius 3 is 2.65 bits per heavy atom. The fourth-order valence-corrected chi connectivity index (χ4v) is 2.07. The third-order valence-corrected chi connectivity index (χ3v) is 2.96. The predicted octanol–water partition coefficient (Wildman–Crippen LogP) is 2.78. The van der Waals surface area contributed by atoms with Gasteiger partial charge in [0.25, 0.3) is 0 Å². The summed E-state index contributed by atoms with van der Waals surface area (Å²) >= 11 is 0. The highest BCUT2D eigenvalue weighted by Gasteiger charge is 2.14. The second-order valence-corrected chi connectivity index (χ2v) is 4.19. The van der Waals surface area contributed by atoms with Crippen LogP contribution in [0.2, 0.25) is 0 Å². The van der Waals surface area contributed by atoms with E-state index in [0.29, 0.717) is 5.56 Å². The molecule has 1 amide bonds. The molecule has 104 valence electrons. The summed E-state index contributed by atoms with van der Waals surface area (Å²) in [5.74, 6) is -1.02. The maximum absolute atomic E-state index is 11.4. The monoisotopic (exact) mass is 273 g/mol. The van der Waals surface area contributed by atoms with Crippen molar-refractivity contribution in [2.45, 2.75) is 13.5 Å². The first-order valence-electron chi connectivity index (χ1n) is 6.28. The molecule has 20 heavy (non-hydrogen) atoms. The molecule has 0 unspecified atom stereocenters. The summed E-state index contributed by atoms with van der Waals surface area (Å²) in [6.45, 7) is 2.09. The van der Waals surface area contributed by atoms with Gasteiger partial charge in [-0.15, -0.1) is 0 Å². The highest BCUT2D eigenvalue weighted by atomic mass is 16.5. The van der Waals surface area contributed by atoms with Gasteiger partial charge in [0.15, 0.2) is 0 Å². The highest BCUT2D eigenvalue weighted by molar-refractivity contribution is 5.98. The standard InChI is InChI=1S/C15H15NO4/c1-2-20-15(19)16-9-13-11-6-4-3-5-10(11)7-8-12(13)14(17)18/h3-8H,2,9H2,1H3,(H,16,19)(H,17,18). The van der Waals surface area contributed by atoms with E-state index in [1.807, 2.05) is 24.3 Å². The van der Waals surface area contributed by atoms with E-state index in [9.17, 15) is 14.7 Å². The Hall–Kier alpha value is -2.56. The zero-order valence-corrected chi connectivity index (χ0v) is 11.1. The average Bonchev–Trinajstić information content (AvgIpc) is 2.44. The van der Waals surface area contributed by atoms with Crippen LogP contribution in [0.15, 0.2) is 36.4 Å². The number of carboxylic acid groups (broad SMARTS) is 1. The second kappa shape index (κ2) is 6.06. The van der Waals surface area contributed by atoms with Crippen molar-refractivity contribution in [2.24, 2.45) is 0 Å². The number of benzene rings is 2. The van der Waals surface area contributed by atoms with Crippen LogP contribution in [0.25, 0.3) is 10.8 Å². The van der Waals surface area contributed by atoms with Gasteiger partial charge in [0.1, 0.15) is 0 Å². The SMILES string of the molecule is CCOC(=O)NCc1c(C(=O)O)ccc2ccccc12. The van der Waals surface area contributed by atoms with Crippen molar-refractivity contribution in [3.8, 4) is 0 Å². The van der Waals surface area contributed by atoms with Crippen molar-refractivity contribution in [3.05, 3.63) is 47.5 Å². The average molecular weight is 273 g/mol. The molecule has 0 atom stereocenters. The van der Waals surface area contributed by atoms with E-state index in [1.165, 1.54) is 0 Å². The van der Waals surface area contributed by atoms with Crippen molar-refractivity contribution in [3.63, 3.8) is 0 Å². The van der Waals surface area contributed by atoms with Crippen LogP contribution in [0.1, 0.15) is 22.8 Å². The van der Waals surface area contributed by atoms with E-state index in [4.69, 9.17) is 4.74 Å². The molecule has 0 spiro atoms. The van der Waals surface area contributed by atoms with Crippen LogP contribution in [-0.4, -0.2) is 23.8 Å². The molecule has 0 heterocycles. The molecule has 2 rings (SSSR count). The van der Waals surface area contributed by atoms with E-state index in [1.54, 1.807) is 19.1 Å². The number of carboxylic acids is 1. The fourth-order valence-electron chi connectivity index (χ4n) is 2.07. The van der Waals surface area contributed by atoms with Crippen molar-refractivity contribution in [2.75, 3.05) is 6.61 Å². The minimum atomic E-state index is -1.02. The topological polar surface area (TPSA) is 75.6 Å². The first-order chi connectivity index (χ1) is 9.63. The lowest BCUT2D eigenvalue weighted by atomic mass is 9.99. The zero-order chi connectivity index (χ0) is 14.5. The molecule has 0 fully saturated rings. The van der Waals surface area contributed by atoms with Crippen molar-refractivity contribution < 1.29 is 19.4 Å². The second-order valence-electron chi connectivity index (χ2n) is 4.19. The number of alkyl carbamates (subject to hydrolysis) is 1. The number of aromatic carboxylic acids is 1. The molecule has 0 aliphatic rings. The maximum atomic E-state index is 11.4. The van der Waals surface area contributed by atoms with Crippen molar-refractivity contribution in [1.82, 2.24) is 5.32 Å². The number of hydrogen-bond donors (Lipinski definition) is 2. The first kappa shape index (κ1) is 13.9. The Morgan fingerprint density at radius 1 is 1.20 bits per heavy atom. The number of fused-ring (bicyclic) bond motifs is 1. The minimum Gasteiger partial charge on any atom is -0.478 e. The van der Waals surface area contributed by atoms with Gasteiger partial charge < -0.3 is 15.2 Å². The number of rotatable bonds is 4. The Bertz CT molecular complexity index is 651. The van der Waals surface area contributed by atoms with Gasteiger partial charge >= 0.3 is 12.1 Å². The number of amides is 1. The highest BCUT2D eigenvalue weighted by Crippen LogP contribution is 2.22. The normalized spacial score (nSPS) is 10.2. The molecule has 0 aromatic heterocycles. The molecular weight excluding hydrogens is 258 g/mol. The summed E-state index contributed by atoms with van der Waals surface area (Å²) in [6, 6.07) is 10.8. The van der Waals surface area contributed by atoms with Crippen molar-refractivity contribution >= 4 is 22.8 Å². The molecule has 0 bridgehead atoms. The molecule has 0 aliphatic heterocycles. The summed E-state index contributed by atoms with van der Waals surface area (Å²) in [5, 5.41) is 13.6. The molecule has 0 saturated heterocycles. The van der Waals surface area contributed by atoms with Gasteiger partial charge in [-0.3, -0.25) is 0 Å². The number of hydrogen-bond acceptors (Lipinski definition) is 3. The number of carbonyl (C=O) groups is 2. The Balaban J connectivity index is 2.39. The van der Waals surface area contributed by atoms with Gasteiger partial charge in [-0.05, 0) is 29.3 Å². The van der Waals surface area contributed by atoms with Crippen molar-refractivity contribution in [1.29, 1.82) is 0 Å². The van der Waals surface area contributed by atoms with Gasteiger partial charge in [0.2, 0.25) is 0 Å². The summed E-state index contributed by atoms with van der Waals surface area (Å²) in [7, 11) is 0. The summed E-state index contributed by atoms with van der Waals surface area (Å²) in [4.78, 5) is 22.6. The molecular formula is C15H15NO4. The van der Waals surface area contributed by atoms with E-state index >= 15 is 0 Å². The lowest BCUT2D eigenvalue weighted by Gasteiger charge is -2.11. The van der Waals surface area contributed by atoms with Crippen LogP contribution in [-0.2, 0) is 11.3 Å². The zero-order valence-electron chi connectivity index (χ0n) is 11.1. The number of ether oxygens (including phenoxy) is 1. The molecule has 2 aromatic rings. The van der Waals surface area contributed by atoms with Crippen LogP contribution < -0.4 is 5.32 Å². The van der Waals surface area contributed by atoms with Crippen LogP contribution in [0.4, 0.5) is 4.79 Å². The van der Waals surface area contributed by atoms with Gasteiger partial charge in [-0.2, -0.15) is 0 Å². The fraction of sp³-hybridized carbons (Fsp3) is 0.200. The lowest BCUT2D eigenvalue weighted by Crippen LogP contribution is -2.24. The van der Waals surface area contributed by atoms with Crippen LogP contribution >= 0.6 is 0 Å². The van der Waals surface area contributed by atoms with E-state index in [-0.39, 0.29) is 18.7 Å². The maximum Gasteiger partial charge on any atom is 0.407 e. The largest absolute Gasteiger partial charge is 0.478 e. The smallest absolute Gasteiger partial charge is 0.407 e.